The van der Waals surface area contributed by atoms with Gasteiger partial charge in [-0.1, -0.05) is 67.1 Å². The molecule has 0 bridgehead atoms. The van der Waals surface area contributed by atoms with E-state index in [0.29, 0.717) is 6.54 Å². The molecule has 0 saturated heterocycles. The van der Waals surface area contributed by atoms with Crippen LogP contribution in [0.3, 0.4) is 0 Å². The summed E-state index contributed by atoms with van der Waals surface area (Å²) in [6.45, 7) is 2.78. The molecule has 0 aromatic heterocycles. The van der Waals surface area contributed by atoms with E-state index in [2.05, 4.69) is 70.8 Å². The Morgan fingerprint density at radius 1 is 1.16 bits per heavy atom. The van der Waals surface area contributed by atoms with E-state index in [4.69, 9.17) is 5.73 Å². The Hall–Kier alpha value is -4.52. The number of nitrogens with two attached hydrogens (primary N) is 1. The maximum atomic E-state index is 9.73. The number of aliphatic imine (C=N–C) groups is 2. The van der Waals surface area contributed by atoms with Gasteiger partial charge in [-0.2, -0.15) is 10.5 Å². The molecule has 3 atom stereocenters. The molecule has 1 aromatic rings. The van der Waals surface area contributed by atoms with E-state index in [1.54, 1.807) is 18.6 Å². The Morgan fingerprint density at radius 2 is 1.97 bits per heavy atom. The largest absolute Gasteiger partial charge is 0.405 e. The minimum absolute atomic E-state index is 0.0584. The molecular weight excluding hydrogens is 468 g/mol. The number of hydrogen-bond donors (Lipinski definition) is 2. The van der Waals surface area contributed by atoms with E-state index in [0.717, 1.165) is 41.5 Å². The van der Waals surface area contributed by atoms with Crippen LogP contribution >= 0.6 is 0 Å². The van der Waals surface area contributed by atoms with Crippen LogP contribution in [-0.2, 0) is 0 Å². The first-order valence-corrected chi connectivity index (χ1v) is 13.0. The molecule has 3 N–H and O–H groups in total. The van der Waals surface area contributed by atoms with E-state index in [9.17, 15) is 10.5 Å². The van der Waals surface area contributed by atoms with E-state index in [1.165, 1.54) is 22.3 Å². The summed E-state index contributed by atoms with van der Waals surface area (Å²) in [7, 11) is 0. The Balaban J connectivity index is 1.54. The Morgan fingerprint density at radius 3 is 2.68 bits per heavy atom. The molecule has 4 aliphatic rings. The summed E-state index contributed by atoms with van der Waals surface area (Å²) in [5, 5.41) is 23.1. The van der Waals surface area contributed by atoms with Gasteiger partial charge in [0.05, 0.1) is 6.54 Å². The Kier molecular flexibility index (Phi) is 7.45. The summed E-state index contributed by atoms with van der Waals surface area (Å²) >= 11 is 0. The number of nitrogens with zero attached hydrogens (tertiary/aromatic N) is 4. The van der Waals surface area contributed by atoms with Crippen molar-refractivity contribution >= 4 is 23.6 Å². The lowest BCUT2D eigenvalue weighted by Gasteiger charge is -2.32. The van der Waals surface area contributed by atoms with Crippen molar-refractivity contribution < 1.29 is 0 Å². The normalized spacial score (nSPS) is 24.0. The lowest BCUT2D eigenvalue weighted by molar-refractivity contribution is 0.436. The van der Waals surface area contributed by atoms with E-state index < -0.39 is 0 Å². The zero-order chi connectivity index (χ0) is 26.5. The van der Waals surface area contributed by atoms with Crippen LogP contribution in [0.25, 0.3) is 11.1 Å². The highest BCUT2D eigenvalue weighted by atomic mass is 15.1. The van der Waals surface area contributed by atoms with Crippen molar-refractivity contribution in [3.8, 4) is 12.1 Å². The SMILES string of the molecule is CC/C(=C\C=C/N)C1C=C(C2=CC3=C(CC2)c2ccccc2C3=C(C#N)C#N)C=CC1NC1CN=CC=N1. The summed E-state index contributed by atoms with van der Waals surface area (Å²) in [6, 6.07) is 12.4. The third kappa shape index (κ3) is 4.75. The highest BCUT2D eigenvalue weighted by molar-refractivity contribution is 6.16. The average Bonchev–Trinajstić information content (AvgIpc) is 3.29. The predicted molar refractivity (Wildman–Crippen MR) is 154 cm³/mol. The van der Waals surface area contributed by atoms with Crippen molar-refractivity contribution in [1.29, 1.82) is 10.5 Å². The summed E-state index contributed by atoms with van der Waals surface area (Å²) in [5.74, 6) is 0.123. The molecule has 5 rings (SSSR count). The first kappa shape index (κ1) is 25.1. The van der Waals surface area contributed by atoms with E-state index in [1.807, 2.05) is 24.3 Å². The zero-order valence-corrected chi connectivity index (χ0v) is 21.4. The van der Waals surface area contributed by atoms with Crippen LogP contribution in [-0.4, -0.2) is 31.2 Å². The average molecular weight is 499 g/mol. The van der Waals surface area contributed by atoms with Gasteiger partial charge in [0.15, 0.2) is 0 Å². The molecule has 1 aliphatic heterocycles. The van der Waals surface area contributed by atoms with Gasteiger partial charge in [-0.05, 0) is 65.0 Å². The zero-order valence-electron chi connectivity index (χ0n) is 21.4. The maximum absolute atomic E-state index is 9.73. The number of fused-ring (bicyclic) bond motifs is 2. The third-order valence-electron chi connectivity index (χ3n) is 7.51. The van der Waals surface area contributed by atoms with Crippen molar-refractivity contribution in [2.75, 3.05) is 6.54 Å². The van der Waals surface area contributed by atoms with Crippen LogP contribution in [0, 0.1) is 28.6 Å². The third-order valence-corrected chi connectivity index (χ3v) is 7.51. The van der Waals surface area contributed by atoms with Gasteiger partial charge in [0.25, 0.3) is 0 Å². The second-order valence-corrected chi connectivity index (χ2v) is 9.59. The molecule has 6 heteroatoms. The Labute approximate surface area is 224 Å². The topological polar surface area (TPSA) is 110 Å². The first-order valence-electron chi connectivity index (χ1n) is 13.0. The molecule has 0 spiro atoms. The molecule has 188 valence electrons. The Bertz CT molecular complexity index is 1480. The lowest BCUT2D eigenvalue weighted by atomic mass is 9.79. The fraction of sp³-hybridized carbons (Fsp3) is 0.250. The van der Waals surface area contributed by atoms with Crippen LogP contribution in [0.15, 0.2) is 105 Å². The molecule has 0 radical (unpaired) electrons. The smallest absolute Gasteiger partial charge is 0.138 e. The fourth-order valence-electron chi connectivity index (χ4n) is 5.72. The molecule has 0 amide bonds. The van der Waals surface area contributed by atoms with Crippen molar-refractivity contribution in [3.63, 3.8) is 0 Å². The molecular formula is C32H30N6. The van der Waals surface area contributed by atoms with Gasteiger partial charge in [-0.25, -0.2) is 0 Å². The van der Waals surface area contributed by atoms with Gasteiger partial charge >= 0.3 is 0 Å². The van der Waals surface area contributed by atoms with Crippen LogP contribution in [0.5, 0.6) is 0 Å². The van der Waals surface area contributed by atoms with Crippen molar-refractivity contribution in [2.24, 2.45) is 21.6 Å². The number of hydrogen-bond acceptors (Lipinski definition) is 6. The summed E-state index contributed by atoms with van der Waals surface area (Å²) in [4.78, 5) is 8.89. The predicted octanol–water partition coefficient (Wildman–Crippen LogP) is 5.34. The van der Waals surface area contributed by atoms with Crippen LogP contribution in [0.2, 0.25) is 0 Å². The van der Waals surface area contributed by atoms with Gasteiger partial charge < -0.3 is 5.73 Å². The molecule has 1 aromatic carbocycles. The molecule has 1 heterocycles. The monoisotopic (exact) mass is 498 g/mol. The van der Waals surface area contributed by atoms with Gasteiger partial charge in [-0.15, -0.1) is 0 Å². The number of nitriles is 2. The second-order valence-electron chi connectivity index (χ2n) is 9.59. The molecule has 3 aliphatic carbocycles. The summed E-state index contributed by atoms with van der Waals surface area (Å²) in [6.07, 6.45) is 20.6. The highest BCUT2D eigenvalue weighted by Crippen LogP contribution is 2.49. The fourth-order valence-corrected chi connectivity index (χ4v) is 5.72. The highest BCUT2D eigenvalue weighted by Gasteiger charge is 2.32. The van der Waals surface area contributed by atoms with Gasteiger partial charge in [0, 0.05) is 30.0 Å². The molecule has 0 saturated carbocycles. The molecule has 0 fully saturated rings. The summed E-state index contributed by atoms with van der Waals surface area (Å²) < 4.78 is 0. The molecule has 38 heavy (non-hydrogen) atoms. The van der Waals surface area contributed by atoms with Crippen molar-refractivity contribution in [2.45, 2.75) is 38.4 Å². The molecule has 6 nitrogen and oxygen atoms in total. The summed E-state index contributed by atoms with van der Waals surface area (Å²) in [5.41, 5.74) is 14.6. The standard InChI is InChI=1S/C32H30N6/c1-2-21(6-5-13-33)28-16-23(10-12-30(28)38-31-20-36-14-15-37-31)22-9-11-26-25-7-3-4-8-27(25)32(29(26)17-22)24(18-34)19-35/h3-8,10,12-17,28,30-31,38H,2,9,11,20,33H2,1H3/b13-5-,21-6+. The maximum Gasteiger partial charge on any atom is 0.138 e. The van der Waals surface area contributed by atoms with Gasteiger partial charge in [0.2, 0.25) is 0 Å². The van der Waals surface area contributed by atoms with Gasteiger partial charge in [-0.3, -0.25) is 15.3 Å². The molecule has 3 unspecified atom stereocenters. The number of rotatable bonds is 6. The van der Waals surface area contributed by atoms with Crippen LogP contribution in [0.4, 0.5) is 0 Å². The number of benzene rings is 1. The van der Waals surface area contributed by atoms with Crippen LogP contribution in [0.1, 0.15) is 37.3 Å². The minimum Gasteiger partial charge on any atom is -0.405 e. The van der Waals surface area contributed by atoms with Crippen LogP contribution < -0.4 is 11.1 Å². The number of allylic oxidation sites excluding steroid dienone is 10. The van der Waals surface area contributed by atoms with Crippen molar-refractivity contribution in [3.05, 3.63) is 106 Å². The quantitative estimate of drug-likeness (QED) is 0.408. The second kappa shape index (κ2) is 11.3. The first-order chi connectivity index (χ1) is 18.7. The lowest BCUT2D eigenvalue weighted by Crippen LogP contribution is -2.44. The van der Waals surface area contributed by atoms with E-state index >= 15 is 0 Å². The minimum atomic E-state index is -0.0584. The van der Waals surface area contributed by atoms with Gasteiger partial charge in [0.1, 0.15) is 23.9 Å². The van der Waals surface area contributed by atoms with Crippen molar-refractivity contribution in [1.82, 2.24) is 5.32 Å². The van der Waals surface area contributed by atoms with E-state index in [-0.39, 0.29) is 23.7 Å². The number of nitrogens with one attached hydrogen (secondary N) is 1.